The van der Waals surface area contributed by atoms with Gasteiger partial charge >= 0.3 is 0 Å². The number of aryl methyl sites for hydroxylation is 1. The Hall–Kier alpha value is -3.13. The van der Waals surface area contributed by atoms with E-state index >= 15 is 0 Å². The third-order valence-corrected chi connectivity index (χ3v) is 5.55. The van der Waals surface area contributed by atoms with Gasteiger partial charge in [-0.25, -0.2) is 4.68 Å². The van der Waals surface area contributed by atoms with E-state index in [4.69, 9.17) is 9.47 Å². The summed E-state index contributed by atoms with van der Waals surface area (Å²) >= 11 is 0. The maximum absolute atomic E-state index is 12.9. The lowest BCUT2D eigenvalue weighted by Gasteiger charge is -2.36. The van der Waals surface area contributed by atoms with Gasteiger partial charge < -0.3 is 19.5 Å². The van der Waals surface area contributed by atoms with E-state index in [-0.39, 0.29) is 25.2 Å². The van der Waals surface area contributed by atoms with Crippen LogP contribution in [0.5, 0.6) is 11.5 Å². The van der Waals surface area contributed by atoms with Crippen LogP contribution in [0.2, 0.25) is 0 Å². The summed E-state index contributed by atoms with van der Waals surface area (Å²) in [5.41, 5.74) is 3.12. The summed E-state index contributed by atoms with van der Waals surface area (Å²) in [7, 11) is 1.81. The third-order valence-electron chi connectivity index (χ3n) is 5.55. The second-order valence-corrected chi connectivity index (χ2v) is 7.24. The maximum Gasteiger partial charge on any atom is 0.254 e. The van der Waals surface area contributed by atoms with Crippen molar-refractivity contribution in [1.82, 2.24) is 19.9 Å². The molecule has 3 aromatic rings. The molecular formula is C20H20N4O4. The molecule has 8 heteroatoms. The van der Waals surface area contributed by atoms with Gasteiger partial charge in [0.1, 0.15) is 5.52 Å². The number of rotatable bonds is 2. The van der Waals surface area contributed by atoms with Gasteiger partial charge in [-0.3, -0.25) is 4.79 Å². The molecule has 0 aliphatic carbocycles. The standard InChI is InChI=1S/C20H20N4O4/c1-23-16-4-2-13(8-15(16)21-22-23)20(26)24-7-6-14(17(25)10-24)12-3-5-18-19(9-12)28-11-27-18/h2-5,8-9,14,17,25H,6-7,10-11H2,1H3/t14-,17+/m0/s1. The fraction of sp³-hybridized carbons (Fsp3) is 0.350. The Bertz CT molecular complexity index is 1060. The number of hydrogen-bond acceptors (Lipinski definition) is 6. The first-order valence-corrected chi connectivity index (χ1v) is 9.26. The second-order valence-electron chi connectivity index (χ2n) is 7.24. The Morgan fingerprint density at radius 2 is 2.04 bits per heavy atom. The number of piperidine rings is 1. The monoisotopic (exact) mass is 380 g/mol. The van der Waals surface area contributed by atoms with Gasteiger partial charge in [0, 0.05) is 31.6 Å². The number of aliphatic hydroxyl groups is 1. The average molecular weight is 380 g/mol. The fourth-order valence-corrected chi connectivity index (χ4v) is 4.00. The third kappa shape index (κ3) is 2.77. The summed E-state index contributed by atoms with van der Waals surface area (Å²) < 4.78 is 12.5. The van der Waals surface area contributed by atoms with E-state index in [1.165, 1.54) is 0 Å². The van der Waals surface area contributed by atoms with Crippen LogP contribution in [0.3, 0.4) is 0 Å². The van der Waals surface area contributed by atoms with E-state index in [9.17, 15) is 9.90 Å². The highest BCUT2D eigenvalue weighted by Gasteiger charge is 2.32. The Balaban J connectivity index is 1.32. The van der Waals surface area contributed by atoms with Crippen molar-refractivity contribution in [3.63, 3.8) is 0 Å². The van der Waals surface area contributed by atoms with Crippen molar-refractivity contribution in [3.05, 3.63) is 47.5 Å². The van der Waals surface area contributed by atoms with Crippen LogP contribution in [-0.4, -0.2) is 56.9 Å². The van der Waals surface area contributed by atoms with Crippen molar-refractivity contribution in [2.24, 2.45) is 7.05 Å². The zero-order valence-electron chi connectivity index (χ0n) is 15.4. The number of amides is 1. The minimum Gasteiger partial charge on any atom is -0.454 e. The number of carbonyl (C=O) groups excluding carboxylic acids is 1. The van der Waals surface area contributed by atoms with Gasteiger partial charge in [-0.1, -0.05) is 11.3 Å². The van der Waals surface area contributed by atoms with Crippen LogP contribution in [0.25, 0.3) is 11.0 Å². The molecule has 5 rings (SSSR count). The summed E-state index contributed by atoms with van der Waals surface area (Å²) in [5, 5.41) is 18.8. The first-order valence-electron chi connectivity index (χ1n) is 9.26. The van der Waals surface area contributed by atoms with Crippen molar-refractivity contribution in [2.45, 2.75) is 18.4 Å². The van der Waals surface area contributed by atoms with Crippen LogP contribution < -0.4 is 9.47 Å². The highest BCUT2D eigenvalue weighted by atomic mass is 16.7. The first kappa shape index (κ1) is 17.0. The number of nitrogens with zero attached hydrogens (tertiary/aromatic N) is 4. The molecule has 3 heterocycles. The summed E-state index contributed by atoms with van der Waals surface area (Å²) in [6.07, 6.45) is 0.0400. The van der Waals surface area contributed by atoms with Gasteiger partial charge in [0.25, 0.3) is 5.91 Å². The van der Waals surface area contributed by atoms with Gasteiger partial charge in [-0.05, 0) is 42.3 Å². The van der Waals surface area contributed by atoms with E-state index in [1.54, 1.807) is 21.7 Å². The van der Waals surface area contributed by atoms with Crippen LogP contribution in [0.4, 0.5) is 0 Å². The van der Waals surface area contributed by atoms with Gasteiger partial charge in [0.05, 0.1) is 11.6 Å². The molecule has 0 spiro atoms. The summed E-state index contributed by atoms with van der Waals surface area (Å²) in [5.74, 6) is 1.29. The number of β-amino-alcohol motifs (C(OH)–C–C–N with tert-alkyl or cyclic N) is 1. The second kappa shape index (κ2) is 6.49. The Morgan fingerprint density at radius 1 is 1.18 bits per heavy atom. The van der Waals surface area contributed by atoms with E-state index in [2.05, 4.69) is 10.3 Å². The lowest BCUT2D eigenvalue weighted by atomic mass is 9.86. The molecule has 1 N–H and O–H groups in total. The summed E-state index contributed by atoms with van der Waals surface area (Å²) in [6.45, 7) is 1.09. The summed E-state index contributed by atoms with van der Waals surface area (Å²) in [6, 6.07) is 11.1. The highest BCUT2D eigenvalue weighted by Crippen LogP contribution is 2.37. The number of ether oxygens (including phenoxy) is 2. The molecule has 0 bridgehead atoms. The SMILES string of the molecule is Cn1nnc2cc(C(=O)N3CC[C@@H](c4ccc5c(c4)OCO5)[C@H](O)C3)ccc21. The molecule has 0 unspecified atom stereocenters. The molecule has 1 saturated heterocycles. The molecular weight excluding hydrogens is 360 g/mol. The van der Waals surface area contributed by atoms with Gasteiger partial charge in [0.15, 0.2) is 11.5 Å². The van der Waals surface area contributed by atoms with E-state index in [0.717, 1.165) is 16.8 Å². The Morgan fingerprint density at radius 3 is 2.89 bits per heavy atom. The van der Waals surface area contributed by atoms with Gasteiger partial charge in [0.2, 0.25) is 6.79 Å². The van der Waals surface area contributed by atoms with Crippen LogP contribution in [-0.2, 0) is 7.05 Å². The van der Waals surface area contributed by atoms with Gasteiger partial charge in [-0.15, -0.1) is 5.10 Å². The predicted molar refractivity (Wildman–Crippen MR) is 100 cm³/mol. The van der Waals surface area contributed by atoms with Crippen molar-refractivity contribution in [3.8, 4) is 11.5 Å². The normalized spacial score (nSPS) is 21.3. The number of likely N-dealkylation sites (tertiary alicyclic amines) is 1. The average Bonchev–Trinajstić information content (AvgIpc) is 3.33. The maximum atomic E-state index is 12.9. The molecule has 2 atom stereocenters. The number of hydrogen-bond donors (Lipinski definition) is 1. The zero-order valence-corrected chi connectivity index (χ0v) is 15.4. The topological polar surface area (TPSA) is 89.7 Å². The molecule has 2 aliphatic heterocycles. The predicted octanol–water partition coefficient (Wildman–Crippen LogP) is 1.69. The lowest BCUT2D eigenvalue weighted by molar-refractivity contribution is 0.0382. The highest BCUT2D eigenvalue weighted by molar-refractivity contribution is 5.97. The summed E-state index contributed by atoms with van der Waals surface area (Å²) in [4.78, 5) is 14.6. The van der Waals surface area contributed by atoms with Crippen LogP contribution in [0, 0.1) is 0 Å². The number of aromatic nitrogens is 3. The molecule has 28 heavy (non-hydrogen) atoms. The van der Waals surface area contributed by atoms with E-state index in [1.807, 2.05) is 31.3 Å². The molecule has 1 aromatic heterocycles. The molecule has 8 nitrogen and oxygen atoms in total. The lowest BCUT2D eigenvalue weighted by Crippen LogP contribution is -2.45. The van der Waals surface area contributed by atoms with E-state index < -0.39 is 6.10 Å². The minimum absolute atomic E-state index is 0.0407. The molecule has 144 valence electrons. The molecule has 2 aliphatic rings. The first-order chi connectivity index (χ1) is 13.6. The molecule has 0 radical (unpaired) electrons. The van der Waals surface area contributed by atoms with Crippen LogP contribution >= 0.6 is 0 Å². The number of fused-ring (bicyclic) bond motifs is 2. The zero-order chi connectivity index (χ0) is 19.3. The number of aliphatic hydroxyl groups excluding tert-OH is 1. The number of carbonyl (C=O) groups is 1. The van der Waals surface area contributed by atoms with Crippen LogP contribution in [0.1, 0.15) is 28.3 Å². The van der Waals surface area contributed by atoms with Crippen LogP contribution in [0.15, 0.2) is 36.4 Å². The minimum atomic E-state index is -0.640. The molecule has 0 saturated carbocycles. The largest absolute Gasteiger partial charge is 0.454 e. The molecule has 1 fully saturated rings. The Labute approximate surface area is 161 Å². The smallest absolute Gasteiger partial charge is 0.254 e. The Kier molecular flexibility index (Phi) is 3.94. The molecule has 1 amide bonds. The quantitative estimate of drug-likeness (QED) is 0.728. The van der Waals surface area contributed by atoms with Crippen molar-refractivity contribution >= 4 is 16.9 Å². The van der Waals surface area contributed by atoms with Crippen molar-refractivity contribution in [2.75, 3.05) is 19.9 Å². The number of benzene rings is 2. The van der Waals surface area contributed by atoms with E-state index in [0.29, 0.717) is 29.8 Å². The van der Waals surface area contributed by atoms with Gasteiger partial charge in [-0.2, -0.15) is 0 Å². The van der Waals surface area contributed by atoms with Crippen molar-refractivity contribution in [1.29, 1.82) is 0 Å². The molecule has 2 aromatic carbocycles. The fourth-order valence-electron chi connectivity index (χ4n) is 4.00. The van der Waals surface area contributed by atoms with Crippen molar-refractivity contribution < 1.29 is 19.4 Å².